The molecule has 1 aromatic carbocycles. The highest BCUT2D eigenvalue weighted by Crippen LogP contribution is 2.32. The van der Waals surface area contributed by atoms with E-state index < -0.39 is 66.7 Å². The Hall–Kier alpha value is -3.65. The first kappa shape index (κ1) is 27.9. The molecule has 0 spiro atoms. The average Bonchev–Trinajstić information content (AvgIpc) is 3.16. The minimum absolute atomic E-state index is 0.323. The summed E-state index contributed by atoms with van der Waals surface area (Å²) in [5.74, 6) is -2.63. The van der Waals surface area contributed by atoms with Gasteiger partial charge in [0.15, 0.2) is 23.6 Å². The summed E-state index contributed by atoms with van der Waals surface area (Å²) in [6.45, 7) is 4.30. The molecule has 2 heterocycles. The lowest BCUT2D eigenvalue weighted by Gasteiger charge is -2.44. The lowest BCUT2D eigenvalue weighted by Crippen LogP contribution is -2.65. The van der Waals surface area contributed by atoms with Crippen LogP contribution in [0.3, 0.4) is 0 Å². The Morgan fingerprint density at radius 3 is 2.16 bits per heavy atom. The van der Waals surface area contributed by atoms with Crippen LogP contribution < -0.4 is 11.0 Å². The van der Waals surface area contributed by atoms with E-state index >= 15 is 0 Å². The minimum Gasteiger partial charge on any atom is -0.463 e. The second-order valence-electron chi connectivity index (χ2n) is 8.13. The number of nitrogens with one attached hydrogen (secondary N) is 1. The van der Waals surface area contributed by atoms with E-state index in [-0.39, 0.29) is 0 Å². The number of carbonyl (C=O) groups excluding carboxylic acids is 4. The largest absolute Gasteiger partial charge is 0.463 e. The maximum atomic E-state index is 13.6. The molecule has 1 saturated heterocycles. The van der Waals surface area contributed by atoms with E-state index in [1.807, 2.05) is 0 Å². The third-order valence-corrected chi connectivity index (χ3v) is 5.93. The molecule has 0 unspecified atom stereocenters. The topological polar surface area (TPSA) is 157 Å². The molecular formula is C23H28N4O9S. The van der Waals surface area contributed by atoms with Gasteiger partial charge in [-0.25, -0.2) is 9.36 Å². The minimum atomic E-state index is -1.33. The maximum absolute atomic E-state index is 13.6. The number of ether oxygens (including phenoxy) is 4. The smallest absolute Gasteiger partial charge is 0.353 e. The predicted molar refractivity (Wildman–Crippen MR) is 129 cm³/mol. The van der Waals surface area contributed by atoms with Crippen LogP contribution in [0.15, 0.2) is 40.3 Å². The van der Waals surface area contributed by atoms with E-state index in [1.165, 1.54) is 30.2 Å². The predicted octanol–water partition coefficient (Wildman–Crippen LogP) is 0.585. The van der Waals surface area contributed by atoms with Crippen LogP contribution >= 0.6 is 11.8 Å². The number of thioether (sulfide) groups is 1. The van der Waals surface area contributed by atoms with Gasteiger partial charge in [-0.05, 0) is 18.4 Å². The highest BCUT2D eigenvalue weighted by molar-refractivity contribution is 7.98. The highest BCUT2D eigenvalue weighted by Gasteiger charge is 2.52. The molecule has 37 heavy (non-hydrogen) atoms. The number of nitrogens with zero attached hydrogens (tertiary/aromatic N) is 3. The van der Waals surface area contributed by atoms with Gasteiger partial charge in [0.2, 0.25) is 5.91 Å². The van der Waals surface area contributed by atoms with Crippen LogP contribution in [0.25, 0.3) is 5.69 Å². The summed E-state index contributed by atoms with van der Waals surface area (Å²) in [6.07, 6.45) is -3.35. The SMILES string of the molecule is CSc1nn([C@@H]2O[C@H](COC(C)=O)[C@H](OC(C)=O)[C@H](OC(C)=O)[C@H]2NC(C)=O)c(=O)n1-c1ccccc1. The van der Waals surface area contributed by atoms with E-state index in [9.17, 15) is 24.0 Å². The van der Waals surface area contributed by atoms with Crippen molar-refractivity contribution in [2.75, 3.05) is 12.9 Å². The van der Waals surface area contributed by atoms with Gasteiger partial charge in [-0.3, -0.25) is 19.2 Å². The van der Waals surface area contributed by atoms with Crippen LogP contribution in [0.2, 0.25) is 0 Å². The van der Waals surface area contributed by atoms with Gasteiger partial charge in [-0.15, -0.1) is 5.10 Å². The molecule has 0 saturated carbocycles. The van der Waals surface area contributed by atoms with Gasteiger partial charge in [-0.1, -0.05) is 30.0 Å². The summed E-state index contributed by atoms with van der Waals surface area (Å²) in [5, 5.41) is 7.37. The van der Waals surface area contributed by atoms with Crippen molar-refractivity contribution in [3.05, 3.63) is 40.8 Å². The van der Waals surface area contributed by atoms with Crippen molar-refractivity contribution in [1.29, 1.82) is 0 Å². The summed E-state index contributed by atoms with van der Waals surface area (Å²) < 4.78 is 24.5. The van der Waals surface area contributed by atoms with Crippen LogP contribution in [0, 0.1) is 0 Å². The number of carbonyl (C=O) groups is 4. The lowest BCUT2D eigenvalue weighted by molar-refractivity contribution is -0.239. The fraction of sp³-hybridized carbons (Fsp3) is 0.478. The molecule has 2 aromatic rings. The second kappa shape index (κ2) is 12.1. The molecular weight excluding hydrogens is 508 g/mol. The number of hydrogen-bond donors (Lipinski definition) is 1. The number of para-hydroxylation sites is 1. The number of amides is 1. The van der Waals surface area contributed by atoms with Gasteiger partial charge in [0, 0.05) is 27.7 Å². The monoisotopic (exact) mass is 536 g/mol. The van der Waals surface area contributed by atoms with E-state index in [2.05, 4.69) is 10.4 Å². The zero-order valence-corrected chi connectivity index (χ0v) is 21.7. The van der Waals surface area contributed by atoms with Crippen molar-refractivity contribution in [2.45, 2.75) is 63.4 Å². The van der Waals surface area contributed by atoms with Crippen molar-refractivity contribution < 1.29 is 38.1 Å². The highest BCUT2D eigenvalue weighted by atomic mass is 32.2. The Kier molecular flexibility index (Phi) is 9.10. The van der Waals surface area contributed by atoms with Crippen molar-refractivity contribution in [2.24, 2.45) is 0 Å². The normalized spacial score (nSPS) is 23.1. The molecule has 0 aliphatic carbocycles. The zero-order chi connectivity index (χ0) is 27.3. The molecule has 1 amide bonds. The number of aromatic nitrogens is 3. The van der Waals surface area contributed by atoms with Crippen LogP contribution in [-0.4, -0.2) is 75.4 Å². The molecule has 200 valence electrons. The van der Waals surface area contributed by atoms with Crippen molar-refractivity contribution >= 4 is 35.6 Å². The van der Waals surface area contributed by atoms with Crippen LogP contribution in [0.4, 0.5) is 0 Å². The third-order valence-electron chi connectivity index (χ3n) is 5.30. The summed E-state index contributed by atoms with van der Waals surface area (Å²) in [6, 6.07) is 7.56. The molecule has 0 radical (unpaired) electrons. The molecule has 1 aliphatic heterocycles. The molecule has 1 N–H and O–H groups in total. The quantitative estimate of drug-likeness (QED) is 0.286. The Morgan fingerprint density at radius 1 is 1.00 bits per heavy atom. The summed E-state index contributed by atoms with van der Waals surface area (Å²) >= 11 is 1.20. The van der Waals surface area contributed by atoms with Gasteiger partial charge >= 0.3 is 23.6 Å². The Labute approximate surface area is 216 Å². The molecule has 1 fully saturated rings. The molecule has 1 aliphatic rings. The molecule has 0 bridgehead atoms. The van der Waals surface area contributed by atoms with Crippen molar-refractivity contribution in [3.8, 4) is 5.69 Å². The van der Waals surface area contributed by atoms with Gasteiger partial charge in [0.25, 0.3) is 0 Å². The fourth-order valence-corrected chi connectivity index (χ4v) is 4.51. The lowest BCUT2D eigenvalue weighted by atomic mass is 9.95. The summed E-state index contributed by atoms with van der Waals surface area (Å²) in [5.41, 5.74) is -0.0598. The zero-order valence-electron chi connectivity index (χ0n) is 20.9. The van der Waals surface area contributed by atoms with E-state index in [4.69, 9.17) is 18.9 Å². The number of rotatable bonds is 8. The molecule has 14 heteroatoms. The standard InChI is InChI=1S/C23H28N4O9S/c1-12(28)24-18-20(35-15(4)31)19(34-14(3)30)17(11-33-13(2)29)36-21(18)27-23(32)26(22(25-27)37-5)16-9-7-6-8-10-16/h6-10,17-21H,11H2,1-5H3,(H,24,28)/t17-,18-,19+,20-,21-/m1/s1. The third kappa shape index (κ3) is 6.57. The number of hydrogen-bond acceptors (Lipinski definition) is 11. The van der Waals surface area contributed by atoms with Crippen LogP contribution in [0.5, 0.6) is 0 Å². The Bertz CT molecular complexity index is 1210. The summed E-state index contributed by atoms with van der Waals surface area (Å²) in [4.78, 5) is 61.3. The fourth-order valence-electron chi connectivity index (χ4n) is 3.98. The van der Waals surface area contributed by atoms with E-state index in [0.717, 1.165) is 18.5 Å². The Morgan fingerprint density at radius 2 is 1.62 bits per heavy atom. The average molecular weight is 537 g/mol. The van der Waals surface area contributed by atoms with Gasteiger partial charge < -0.3 is 24.3 Å². The molecule has 1 aromatic heterocycles. The number of benzene rings is 1. The van der Waals surface area contributed by atoms with Crippen molar-refractivity contribution in [3.63, 3.8) is 0 Å². The van der Waals surface area contributed by atoms with Crippen molar-refractivity contribution in [1.82, 2.24) is 19.7 Å². The molecule has 5 atom stereocenters. The molecule has 13 nitrogen and oxygen atoms in total. The molecule has 3 rings (SSSR count). The first-order valence-electron chi connectivity index (χ1n) is 11.2. The Balaban J connectivity index is 2.18. The van der Waals surface area contributed by atoms with Gasteiger partial charge in [0.1, 0.15) is 18.8 Å². The first-order chi connectivity index (χ1) is 17.5. The summed E-state index contributed by atoms with van der Waals surface area (Å²) in [7, 11) is 0. The van der Waals surface area contributed by atoms with Crippen LogP contribution in [0.1, 0.15) is 33.9 Å². The maximum Gasteiger partial charge on any atom is 0.353 e. The van der Waals surface area contributed by atoms with E-state index in [0.29, 0.717) is 10.8 Å². The van der Waals surface area contributed by atoms with Gasteiger partial charge in [0.05, 0.1) is 5.69 Å². The second-order valence-corrected chi connectivity index (χ2v) is 8.90. The van der Waals surface area contributed by atoms with Gasteiger partial charge in [-0.2, -0.15) is 4.68 Å². The number of esters is 3. The first-order valence-corrected chi connectivity index (χ1v) is 12.5. The van der Waals surface area contributed by atoms with Crippen LogP contribution in [-0.2, 0) is 38.1 Å². The van der Waals surface area contributed by atoms with E-state index in [1.54, 1.807) is 36.6 Å².